The molecule has 0 aromatic heterocycles. The largest absolute Gasteiger partial charge is 0.455 e. The summed E-state index contributed by atoms with van der Waals surface area (Å²) in [5.74, 6) is -1.90. The summed E-state index contributed by atoms with van der Waals surface area (Å²) < 4.78 is 18.3. The average Bonchev–Trinajstić information content (AvgIpc) is 3.60. The Morgan fingerprint density at radius 1 is 0.622 bits per heavy atom. The van der Waals surface area contributed by atoms with Gasteiger partial charge in [-0.2, -0.15) is 0 Å². The molecule has 0 heterocycles. The molecule has 2 bridgehead atoms. The summed E-state index contributed by atoms with van der Waals surface area (Å²) in [6.07, 6.45) is 3.88. The molecule has 3 aromatic carbocycles. The second kappa shape index (κ2) is 9.36. The number of benzene rings is 3. The number of esters is 3. The molecule has 0 aliphatic heterocycles. The molecule has 0 N–H and O–H groups in total. The van der Waals surface area contributed by atoms with Crippen LogP contribution in [0.4, 0.5) is 0 Å². The minimum absolute atomic E-state index is 0.0644. The van der Waals surface area contributed by atoms with Gasteiger partial charge in [0, 0.05) is 17.8 Å². The summed E-state index contributed by atoms with van der Waals surface area (Å²) in [7, 11) is 0. The topological polar surface area (TPSA) is 78.9 Å². The van der Waals surface area contributed by atoms with Gasteiger partial charge in [-0.25, -0.2) is 14.4 Å². The molecule has 2 fully saturated rings. The maximum atomic E-state index is 13.2. The predicted octanol–water partition coefficient (Wildman–Crippen LogP) is 5.26. The van der Waals surface area contributed by atoms with Crippen molar-refractivity contribution in [1.29, 1.82) is 0 Å². The molecule has 6 nitrogen and oxygen atoms in total. The number of allylic oxidation sites excluding steroid dienone is 1. The quantitative estimate of drug-likeness (QED) is 0.264. The Morgan fingerprint density at radius 3 is 1.65 bits per heavy atom. The van der Waals surface area contributed by atoms with Crippen molar-refractivity contribution in [2.45, 2.75) is 30.7 Å². The first kappa shape index (κ1) is 23.2. The van der Waals surface area contributed by atoms with Crippen molar-refractivity contribution in [2.24, 2.45) is 17.8 Å². The number of fused-ring (bicyclic) bond motifs is 5. The molecule has 0 radical (unpaired) electrons. The third-order valence-corrected chi connectivity index (χ3v) is 7.90. The predicted molar refractivity (Wildman–Crippen MR) is 135 cm³/mol. The number of hydrogen-bond acceptors (Lipinski definition) is 6. The Morgan fingerprint density at radius 2 is 1.11 bits per heavy atom. The van der Waals surface area contributed by atoms with Crippen LogP contribution in [0.15, 0.2) is 103 Å². The first-order valence-corrected chi connectivity index (χ1v) is 12.5. The van der Waals surface area contributed by atoms with Crippen LogP contribution in [0.3, 0.4) is 0 Å². The molecular weight excluding hydrogens is 468 g/mol. The van der Waals surface area contributed by atoms with E-state index in [0.717, 1.165) is 0 Å². The van der Waals surface area contributed by atoms with Crippen molar-refractivity contribution < 1.29 is 28.6 Å². The van der Waals surface area contributed by atoms with E-state index in [0.29, 0.717) is 29.5 Å². The summed E-state index contributed by atoms with van der Waals surface area (Å²) in [5, 5.41) is 0. The van der Waals surface area contributed by atoms with Crippen LogP contribution in [0.25, 0.3) is 0 Å². The van der Waals surface area contributed by atoms with E-state index in [9.17, 15) is 14.4 Å². The molecule has 0 unspecified atom stereocenters. The molecular formula is C31H26O6. The van der Waals surface area contributed by atoms with E-state index >= 15 is 0 Å². The summed E-state index contributed by atoms with van der Waals surface area (Å²) in [5.41, 5.74) is 0.384. The fourth-order valence-electron chi connectivity index (χ4n) is 6.30. The van der Waals surface area contributed by atoms with Gasteiger partial charge >= 0.3 is 17.9 Å². The maximum absolute atomic E-state index is 13.2. The van der Waals surface area contributed by atoms with Crippen LogP contribution in [-0.4, -0.2) is 35.7 Å². The van der Waals surface area contributed by atoms with E-state index in [2.05, 4.69) is 0 Å². The first-order chi connectivity index (χ1) is 18.1. The van der Waals surface area contributed by atoms with Crippen molar-refractivity contribution in [3.8, 4) is 0 Å². The molecule has 37 heavy (non-hydrogen) atoms. The van der Waals surface area contributed by atoms with Crippen molar-refractivity contribution in [2.75, 3.05) is 0 Å². The summed E-state index contributed by atoms with van der Waals surface area (Å²) in [6, 6.07) is 26.4. The lowest BCUT2D eigenvalue weighted by atomic mass is 9.74. The standard InChI is InChI=1S/C31H26O6/c32-28(20-11-4-1-5-12-20)35-26-23-19-25(27(26)36-29(33)21-13-6-2-7-14-21)31(18-10-17-24(23)31)37-30(34)22-15-8-3-9-16-22/h1-16,18,23-27H,17,19H2/t23-,24-,25-,26-,27+,31+/m1/s1. The van der Waals surface area contributed by atoms with Crippen LogP contribution in [0.5, 0.6) is 0 Å². The van der Waals surface area contributed by atoms with Gasteiger partial charge in [0.05, 0.1) is 16.7 Å². The van der Waals surface area contributed by atoms with Crippen LogP contribution < -0.4 is 0 Å². The minimum atomic E-state index is -0.922. The maximum Gasteiger partial charge on any atom is 0.339 e. The first-order valence-electron chi connectivity index (χ1n) is 12.5. The molecule has 3 aliphatic carbocycles. The van der Waals surface area contributed by atoms with Gasteiger partial charge in [-0.15, -0.1) is 0 Å². The molecule has 6 atom stereocenters. The van der Waals surface area contributed by atoms with Crippen LogP contribution in [0.1, 0.15) is 43.9 Å². The van der Waals surface area contributed by atoms with Crippen LogP contribution >= 0.6 is 0 Å². The lowest BCUT2D eigenvalue weighted by Crippen LogP contribution is -2.55. The Kier molecular flexibility index (Phi) is 5.87. The third kappa shape index (κ3) is 4.02. The molecule has 3 aliphatic rings. The van der Waals surface area contributed by atoms with Crippen LogP contribution in [-0.2, 0) is 14.2 Å². The molecule has 0 saturated heterocycles. The Balaban J connectivity index is 1.32. The highest BCUT2D eigenvalue weighted by atomic mass is 16.6. The van der Waals surface area contributed by atoms with Crippen LogP contribution in [0, 0.1) is 17.8 Å². The highest BCUT2D eigenvalue weighted by Gasteiger charge is 2.70. The number of ether oxygens (including phenoxy) is 3. The number of rotatable bonds is 6. The SMILES string of the molecule is O=C(O[C@@H]1[C@@H]2C[C@H]([C@@H]1OC(=O)c1ccccc1)[C@]1(OC(=O)c3ccccc3)C=CC[C@H]21)c1ccccc1. The Labute approximate surface area is 214 Å². The third-order valence-electron chi connectivity index (χ3n) is 7.90. The zero-order valence-corrected chi connectivity index (χ0v) is 20.1. The summed E-state index contributed by atoms with van der Waals surface area (Å²) in [6.45, 7) is 0. The molecule has 6 rings (SSSR count). The molecule has 6 heteroatoms. The van der Waals surface area contributed by atoms with Crippen molar-refractivity contribution in [3.05, 3.63) is 120 Å². The second-order valence-corrected chi connectivity index (χ2v) is 9.83. The van der Waals surface area contributed by atoms with Gasteiger partial charge in [-0.05, 0) is 55.3 Å². The summed E-state index contributed by atoms with van der Waals surface area (Å²) in [4.78, 5) is 39.3. The van der Waals surface area contributed by atoms with Crippen molar-refractivity contribution >= 4 is 17.9 Å². The van der Waals surface area contributed by atoms with Gasteiger partial charge in [0.15, 0.2) is 0 Å². The van der Waals surface area contributed by atoms with E-state index < -0.39 is 35.7 Å². The molecule has 186 valence electrons. The van der Waals surface area contributed by atoms with E-state index in [1.165, 1.54) is 0 Å². The van der Waals surface area contributed by atoms with Gasteiger partial charge in [0.2, 0.25) is 0 Å². The molecule has 0 spiro atoms. The molecule has 2 saturated carbocycles. The summed E-state index contributed by atoms with van der Waals surface area (Å²) >= 11 is 0. The Hall–Kier alpha value is -4.19. The normalized spacial score (nSPS) is 28.9. The van der Waals surface area contributed by atoms with Crippen molar-refractivity contribution in [3.63, 3.8) is 0 Å². The average molecular weight is 495 g/mol. The zero-order chi connectivity index (χ0) is 25.4. The molecule has 3 aromatic rings. The fraction of sp³-hybridized carbons (Fsp3) is 0.258. The fourth-order valence-corrected chi connectivity index (χ4v) is 6.30. The number of carbonyl (C=O) groups excluding carboxylic acids is 3. The van der Waals surface area contributed by atoms with E-state index in [4.69, 9.17) is 14.2 Å². The number of carbonyl (C=O) groups is 3. The van der Waals surface area contributed by atoms with Gasteiger partial charge in [-0.1, -0.05) is 60.7 Å². The van der Waals surface area contributed by atoms with E-state index in [1.807, 2.05) is 30.4 Å². The lowest BCUT2D eigenvalue weighted by Gasteiger charge is -2.44. The number of hydrogen-bond donors (Lipinski definition) is 0. The van der Waals surface area contributed by atoms with Gasteiger partial charge in [-0.3, -0.25) is 0 Å². The van der Waals surface area contributed by atoms with Gasteiger partial charge < -0.3 is 14.2 Å². The van der Waals surface area contributed by atoms with Crippen molar-refractivity contribution in [1.82, 2.24) is 0 Å². The zero-order valence-electron chi connectivity index (χ0n) is 20.1. The second-order valence-electron chi connectivity index (χ2n) is 9.83. The highest BCUT2D eigenvalue weighted by molar-refractivity contribution is 5.91. The highest BCUT2D eigenvalue weighted by Crippen LogP contribution is 2.62. The Bertz CT molecular complexity index is 1340. The monoisotopic (exact) mass is 494 g/mol. The van der Waals surface area contributed by atoms with E-state index in [-0.39, 0.29) is 17.8 Å². The van der Waals surface area contributed by atoms with Gasteiger partial charge in [0.25, 0.3) is 0 Å². The van der Waals surface area contributed by atoms with Gasteiger partial charge in [0.1, 0.15) is 17.8 Å². The van der Waals surface area contributed by atoms with Crippen LogP contribution in [0.2, 0.25) is 0 Å². The molecule has 0 amide bonds. The lowest BCUT2D eigenvalue weighted by molar-refractivity contribution is -0.129. The van der Waals surface area contributed by atoms with E-state index in [1.54, 1.807) is 72.8 Å². The minimum Gasteiger partial charge on any atom is -0.455 e. The smallest absolute Gasteiger partial charge is 0.339 e.